The van der Waals surface area contributed by atoms with Crippen molar-refractivity contribution in [3.05, 3.63) is 23.3 Å². The maximum Gasteiger partial charge on any atom is 0.296 e. The Morgan fingerprint density at radius 1 is 0.938 bits per heavy atom. The average Bonchev–Trinajstić information content (AvgIpc) is 1.97. The van der Waals surface area contributed by atoms with Gasteiger partial charge in [-0.2, -0.15) is 16.8 Å². The van der Waals surface area contributed by atoms with Crippen LogP contribution in [0.1, 0.15) is 11.1 Å². The first-order valence-corrected chi connectivity index (χ1v) is 6.97. The summed E-state index contributed by atoms with van der Waals surface area (Å²) < 4.78 is 61.8. The highest BCUT2D eigenvalue weighted by atomic mass is 32.2. The molecule has 90 valence electrons. The number of benzene rings is 1. The van der Waals surface area contributed by atoms with Crippen molar-refractivity contribution in [3.63, 3.8) is 0 Å². The van der Waals surface area contributed by atoms with E-state index in [-0.39, 0.29) is 5.56 Å². The second kappa shape index (κ2) is 3.81. The summed E-state index contributed by atoms with van der Waals surface area (Å²) in [5, 5.41) is 0. The monoisotopic (exact) mass is 266 g/mol. The summed E-state index contributed by atoms with van der Waals surface area (Å²) in [6.07, 6.45) is 0. The fourth-order valence-corrected chi connectivity index (χ4v) is 3.58. The van der Waals surface area contributed by atoms with E-state index in [1.807, 2.05) is 0 Å². The fourth-order valence-electron chi connectivity index (χ4n) is 1.44. The van der Waals surface area contributed by atoms with Crippen LogP contribution in [0.4, 0.5) is 0 Å². The predicted molar refractivity (Wildman–Crippen MR) is 55.5 cm³/mol. The molecule has 0 bridgehead atoms. The molecule has 0 heterocycles. The van der Waals surface area contributed by atoms with Crippen LogP contribution in [0.15, 0.2) is 21.9 Å². The second-order valence-electron chi connectivity index (χ2n) is 3.36. The van der Waals surface area contributed by atoms with Crippen molar-refractivity contribution < 1.29 is 25.9 Å². The summed E-state index contributed by atoms with van der Waals surface area (Å²) in [5.74, 6) is 0. The first kappa shape index (κ1) is 13.1. The molecular formula is C8H10O6S2. The zero-order valence-corrected chi connectivity index (χ0v) is 10.1. The van der Waals surface area contributed by atoms with Gasteiger partial charge in [-0.15, -0.1) is 0 Å². The van der Waals surface area contributed by atoms with E-state index in [4.69, 9.17) is 9.11 Å². The molecule has 0 aliphatic carbocycles. The molecule has 0 unspecified atom stereocenters. The van der Waals surface area contributed by atoms with E-state index in [2.05, 4.69) is 0 Å². The lowest BCUT2D eigenvalue weighted by Crippen LogP contribution is -2.10. The van der Waals surface area contributed by atoms with Gasteiger partial charge < -0.3 is 0 Å². The van der Waals surface area contributed by atoms with Gasteiger partial charge in [-0.25, -0.2) is 0 Å². The topological polar surface area (TPSA) is 109 Å². The summed E-state index contributed by atoms with van der Waals surface area (Å²) in [6.45, 7) is 2.86. The fraction of sp³-hybridized carbons (Fsp3) is 0.250. The van der Waals surface area contributed by atoms with E-state index in [1.54, 1.807) is 0 Å². The molecule has 1 rings (SSSR count). The number of aryl methyl sites for hydroxylation is 2. The molecule has 0 saturated heterocycles. The SMILES string of the molecule is Cc1cc(C)c(S(=O)(=O)O)c(S(=O)(=O)O)c1. The zero-order valence-electron chi connectivity index (χ0n) is 8.50. The zero-order chi connectivity index (χ0) is 12.7. The van der Waals surface area contributed by atoms with Crippen molar-refractivity contribution in [2.45, 2.75) is 23.6 Å². The Morgan fingerprint density at radius 2 is 1.44 bits per heavy atom. The number of hydrogen-bond donors (Lipinski definition) is 2. The quantitative estimate of drug-likeness (QED) is 0.766. The molecule has 1 aromatic carbocycles. The molecule has 1 aromatic rings. The van der Waals surface area contributed by atoms with Crippen LogP contribution in [0.25, 0.3) is 0 Å². The highest BCUT2D eigenvalue weighted by Crippen LogP contribution is 2.25. The van der Waals surface area contributed by atoms with E-state index in [0.29, 0.717) is 5.56 Å². The normalized spacial score (nSPS) is 12.8. The van der Waals surface area contributed by atoms with Crippen LogP contribution in [-0.2, 0) is 20.2 Å². The average molecular weight is 266 g/mol. The van der Waals surface area contributed by atoms with Gasteiger partial charge in [0.05, 0.1) is 0 Å². The Bertz CT molecular complexity index is 627. The lowest BCUT2D eigenvalue weighted by atomic mass is 10.2. The van der Waals surface area contributed by atoms with Gasteiger partial charge in [0, 0.05) is 0 Å². The van der Waals surface area contributed by atoms with Gasteiger partial charge in [0.25, 0.3) is 20.2 Å². The minimum absolute atomic E-state index is 0.0510. The lowest BCUT2D eigenvalue weighted by Gasteiger charge is -2.08. The Labute approximate surface area is 93.4 Å². The van der Waals surface area contributed by atoms with Gasteiger partial charge in [0.2, 0.25) is 0 Å². The van der Waals surface area contributed by atoms with Crippen LogP contribution in [0.3, 0.4) is 0 Å². The van der Waals surface area contributed by atoms with Crippen molar-refractivity contribution in [2.24, 2.45) is 0 Å². The largest absolute Gasteiger partial charge is 0.296 e. The molecule has 0 amide bonds. The maximum absolute atomic E-state index is 11.0. The molecule has 2 N–H and O–H groups in total. The highest BCUT2D eigenvalue weighted by Gasteiger charge is 2.26. The number of hydrogen-bond acceptors (Lipinski definition) is 4. The molecule has 0 saturated carbocycles. The third kappa shape index (κ3) is 2.59. The van der Waals surface area contributed by atoms with Gasteiger partial charge in [0.15, 0.2) is 0 Å². The van der Waals surface area contributed by atoms with Gasteiger partial charge in [-0.05, 0) is 31.0 Å². The first-order valence-electron chi connectivity index (χ1n) is 4.09. The molecule has 0 aliphatic heterocycles. The smallest absolute Gasteiger partial charge is 0.282 e. The predicted octanol–water partition coefficient (Wildman–Crippen LogP) is 0.797. The summed E-state index contributed by atoms with van der Waals surface area (Å²) in [6, 6.07) is 2.36. The van der Waals surface area contributed by atoms with E-state index < -0.39 is 30.0 Å². The van der Waals surface area contributed by atoms with E-state index in [1.165, 1.54) is 19.9 Å². The summed E-state index contributed by atoms with van der Waals surface area (Å²) >= 11 is 0. The van der Waals surface area contributed by atoms with Crippen LogP contribution in [0.5, 0.6) is 0 Å². The Balaban J connectivity index is 3.87. The molecule has 16 heavy (non-hydrogen) atoms. The molecule has 0 aliphatic rings. The van der Waals surface area contributed by atoms with Crippen molar-refractivity contribution in [2.75, 3.05) is 0 Å². The van der Waals surface area contributed by atoms with Crippen LogP contribution in [-0.4, -0.2) is 25.9 Å². The van der Waals surface area contributed by atoms with Crippen molar-refractivity contribution in [1.82, 2.24) is 0 Å². The summed E-state index contributed by atoms with van der Waals surface area (Å²) in [5.41, 5.74) is 0.507. The molecule has 0 fully saturated rings. The first-order chi connectivity index (χ1) is 7.03. The molecule has 6 nitrogen and oxygen atoms in total. The second-order valence-corrected chi connectivity index (χ2v) is 6.11. The Morgan fingerprint density at radius 3 is 1.81 bits per heavy atom. The van der Waals surface area contributed by atoms with Crippen molar-refractivity contribution in [3.8, 4) is 0 Å². The lowest BCUT2D eigenvalue weighted by molar-refractivity contribution is 0.465. The number of rotatable bonds is 2. The van der Waals surface area contributed by atoms with Crippen LogP contribution in [0, 0.1) is 13.8 Å². The highest BCUT2D eigenvalue weighted by molar-refractivity contribution is 7.89. The van der Waals surface area contributed by atoms with Gasteiger partial charge >= 0.3 is 0 Å². The van der Waals surface area contributed by atoms with Crippen LogP contribution < -0.4 is 0 Å². The molecular weight excluding hydrogens is 256 g/mol. The molecule has 8 heteroatoms. The standard InChI is InChI=1S/C8H10O6S2/c1-5-3-6(2)8(16(12,13)14)7(4-5)15(9,10)11/h3-4H,1-2H3,(H,9,10,11)(H,12,13,14). The van der Waals surface area contributed by atoms with Gasteiger partial charge in [-0.3, -0.25) is 9.11 Å². The van der Waals surface area contributed by atoms with Crippen LogP contribution in [0.2, 0.25) is 0 Å². The minimum atomic E-state index is -4.70. The van der Waals surface area contributed by atoms with E-state index in [0.717, 1.165) is 6.07 Å². The van der Waals surface area contributed by atoms with Crippen molar-refractivity contribution >= 4 is 20.2 Å². The third-order valence-corrected chi connectivity index (χ3v) is 3.99. The minimum Gasteiger partial charge on any atom is -0.282 e. The Kier molecular flexibility index (Phi) is 3.12. The van der Waals surface area contributed by atoms with Gasteiger partial charge in [-0.1, -0.05) is 6.07 Å². The Hall–Kier alpha value is -0.960. The van der Waals surface area contributed by atoms with Crippen molar-refractivity contribution in [1.29, 1.82) is 0 Å². The van der Waals surface area contributed by atoms with Gasteiger partial charge in [0.1, 0.15) is 9.79 Å². The van der Waals surface area contributed by atoms with E-state index in [9.17, 15) is 16.8 Å². The summed E-state index contributed by atoms with van der Waals surface area (Å²) in [4.78, 5) is -1.60. The molecule has 0 atom stereocenters. The van der Waals surface area contributed by atoms with E-state index >= 15 is 0 Å². The summed E-state index contributed by atoms with van der Waals surface area (Å²) in [7, 11) is -9.40. The maximum atomic E-state index is 11.0. The molecule has 0 spiro atoms. The molecule has 0 aromatic heterocycles. The van der Waals surface area contributed by atoms with Crippen LogP contribution >= 0.6 is 0 Å². The molecule has 0 radical (unpaired) electrons. The third-order valence-electron chi connectivity index (χ3n) is 1.92.